The molecule has 0 fully saturated rings. The molecule has 0 aliphatic heterocycles. The van der Waals surface area contributed by atoms with Crippen molar-refractivity contribution in [3.63, 3.8) is 0 Å². The molecule has 29 heavy (non-hydrogen) atoms. The summed E-state index contributed by atoms with van der Waals surface area (Å²) >= 11 is 0. The summed E-state index contributed by atoms with van der Waals surface area (Å²) in [5.74, 6) is -1.20. The first-order valence-electron chi connectivity index (χ1n) is 8.56. The van der Waals surface area contributed by atoms with Crippen LogP contribution in [0.15, 0.2) is 48.5 Å². The van der Waals surface area contributed by atoms with Crippen LogP contribution >= 0.6 is 0 Å². The van der Waals surface area contributed by atoms with Crippen LogP contribution in [0.4, 0.5) is 10.1 Å². The fourth-order valence-electron chi connectivity index (χ4n) is 2.25. The lowest BCUT2D eigenvalue weighted by atomic mass is 10.2. The van der Waals surface area contributed by atoms with E-state index >= 15 is 0 Å². The molecule has 1 atom stereocenters. The van der Waals surface area contributed by atoms with Crippen molar-refractivity contribution < 1.29 is 28.2 Å². The van der Waals surface area contributed by atoms with Crippen molar-refractivity contribution in [1.29, 1.82) is 5.26 Å². The molecule has 1 amide bonds. The minimum Gasteiger partial charge on any atom is -0.493 e. The number of hydrogen-bond acceptors (Lipinski definition) is 6. The lowest BCUT2D eigenvalue weighted by Crippen LogP contribution is -2.29. The summed E-state index contributed by atoms with van der Waals surface area (Å²) in [6, 6.07) is 12.4. The number of halogens is 1. The number of ether oxygens (including phenoxy) is 3. The van der Waals surface area contributed by atoms with Crippen LogP contribution in [0, 0.1) is 17.1 Å². The normalized spacial score (nSPS) is 11.4. The van der Waals surface area contributed by atoms with Crippen molar-refractivity contribution >= 4 is 23.6 Å². The summed E-state index contributed by atoms with van der Waals surface area (Å²) in [6.45, 7) is 1.26. The Hall–Kier alpha value is -3.86. The molecule has 0 aliphatic rings. The topological polar surface area (TPSA) is 97.7 Å². The molecule has 150 valence electrons. The molecule has 7 nitrogen and oxygen atoms in total. The van der Waals surface area contributed by atoms with E-state index in [2.05, 4.69) is 5.32 Å². The van der Waals surface area contributed by atoms with Crippen molar-refractivity contribution in [2.75, 3.05) is 19.0 Å². The van der Waals surface area contributed by atoms with Crippen molar-refractivity contribution in [2.45, 2.75) is 13.0 Å². The van der Waals surface area contributed by atoms with E-state index in [1.807, 2.05) is 6.07 Å². The fourth-order valence-corrected chi connectivity index (χ4v) is 2.25. The molecule has 0 aliphatic carbocycles. The van der Waals surface area contributed by atoms with Gasteiger partial charge in [-0.3, -0.25) is 4.79 Å². The highest BCUT2D eigenvalue weighted by Crippen LogP contribution is 2.28. The highest BCUT2D eigenvalue weighted by molar-refractivity contribution is 5.96. The van der Waals surface area contributed by atoms with Crippen molar-refractivity contribution in [1.82, 2.24) is 0 Å². The Morgan fingerprint density at radius 1 is 1.24 bits per heavy atom. The number of benzene rings is 2. The van der Waals surface area contributed by atoms with Gasteiger partial charge in [-0.15, -0.1) is 0 Å². The van der Waals surface area contributed by atoms with E-state index in [0.717, 1.165) is 6.08 Å². The summed E-state index contributed by atoms with van der Waals surface area (Å²) in [4.78, 5) is 24.0. The number of carbonyl (C=O) groups excluding carboxylic acids is 2. The number of hydrogen-bond donors (Lipinski definition) is 1. The molecule has 0 unspecified atom stereocenters. The third-order valence-electron chi connectivity index (χ3n) is 3.69. The molecule has 8 heteroatoms. The van der Waals surface area contributed by atoms with Crippen LogP contribution in [0.3, 0.4) is 0 Å². The predicted octanol–water partition coefficient (Wildman–Crippen LogP) is 3.32. The molecule has 0 aromatic heterocycles. The van der Waals surface area contributed by atoms with Gasteiger partial charge >= 0.3 is 5.97 Å². The molecule has 0 spiro atoms. The third kappa shape index (κ3) is 6.36. The van der Waals surface area contributed by atoms with E-state index in [-0.39, 0.29) is 12.3 Å². The van der Waals surface area contributed by atoms with Crippen LogP contribution in [0.1, 0.15) is 12.5 Å². The lowest BCUT2D eigenvalue weighted by Gasteiger charge is -2.12. The van der Waals surface area contributed by atoms with E-state index in [1.54, 1.807) is 24.3 Å². The Morgan fingerprint density at radius 3 is 2.69 bits per heavy atom. The van der Waals surface area contributed by atoms with E-state index in [1.165, 1.54) is 38.3 Å². The van der Waals surface area contributed by atoms with Gasteiger partial charge in [0.1, 0.15) is 11.9 Å². The molecule has 0 radical (unpaired) electrons. The third-order valence-corrected chi connectivity index (χ3v) is 3.69. The molecule has 2 rings (SSSR count). The van der Waals surface area contributed by atoms with Crippen LogP contribution in [0.25, 0.3) is 6.08 Å². The number of methoxy groups -OCH3 is 1. The fraction of sp³-hybridized carbons (Fsp3) is 0.190. The first-order valence-corrected chi connectivity index (χ1v) is 8.56. The Kier molecular flexibility index (Phi) is 7.74. The van der Waals surface area contributed by atoms with Crippen molar-refractivity contribution in [2.24, 2.45) is 0 Å². The minimum absolute atomic E-state index is 0.00161. The van der Waals surface area contributed by atoms with Gasteiger partial charge in [0.2, 0.25) is 0 Å². The largest absolute Gasteiger partial charge is 0.493 e. The number of nitrogens with zero attached hydrogens (tertiary/aromatic N) is 1. The standard InChI is InChI=1S/C21H19FN2O5/c1-14(21(26)24-17-6-4-3-5-16(17)22)29-20(25)10-8-15-7-9-18(28-12-11-23)19(13-15)27-2/h3-10,13-14H,12H2,1-2H3,(H,24,26)/b10-8+/t14-/m0/s1. The Bertz CT molecular complexity index is 952. The van der Waals surface area contributed by atoms with Gasteiger partial charge in [-0.1, -0.05) is 18.2 Å². The van der Waals surface area contributed by atoms with Crippen molar-refractivity contribution in [3.8, 4) is 17.6 Å². The highest BCUT2D eigenvalue weighted by atomic mass is 19.1. The van der Waals surface area contributed by atoms with Gasteiger partial charge in [-0.25, -0.2) is 9.18 Å². The van der Waals surface area contributed by atoms with Crippen LogP contribution < -0.4 is 14.8 Å². The smallest absolute Gasteiger partial charge is 0.331 e. The maximum absolute atomic E-state index is 13.6. The van der Waals surface area contributed by atoms with Crippen LogP contribution in [-0.2, 0) is 14.3 Å². The van der Waals surface area contributed by atoms with Gasteiger partial charge < -0.3 is 19.5 Å². The first-order chi connectivity index (χ1) is 13.9. The quantitative estimate of drug-likeness (QED) is 0.541. The number of nitriles is 1. The maximum atomic E-state index is 13.6. The number of carbonyl (C=O) groups is 2. The van der Waals surface area contributed by atoms with Crippen LogP contribution in [-0.4, -0.2) is 31.7 Å². The zero-order chi connectivity index (χ0) is 21.2. The maximum Gasteiger partial charge on any atom is 0.331 e. The second kappa shape index (κ2) is 10.5. The Morgan fingerprint density at radius 2 is 2.00 bits per heavy atom. The summed E-state index contributed by atoms with van der Waals surface area (Å²) in [5, 5.41) is 10.9. The van der Waals surface area contributed by atoms with E-state index in [0.29, 0.717) is 17.1 Å². The van der Waals surface area contributed by atoms with Gasteiger partial charge in [-0.05, 0) is 42.8 Å². The molecule has 0 saturated carbocycles. The minimum atomic E-state index is -1.12. The Labute approximate surface area is 167 Å². The molecular formula is C21H19FN2O5. The first kappa shape index (κ1) is 21.4. The number of rotatable bonds is 8. The van der Waals surface area contributed by atoms with Gasteiger partial charge in [0, 0.05) is 6.08 Å². The molecule has 0 saturated heterocycles. The van der Waals surface area contributed by atoms with E-state index in [9.17, 15) is 14.0 Å². The summed E-state index contributed by atoms with van der Waals surface area (Å²) in [7, 11) is 1.45. The lowest BCUT2D eigenvalue weighted by molar-refractivity contribution is -0.148. The van der Waals surface area contributed by atoms with E-state index in [4.69, 9.17) is 19.5 Å². The van der Waals surface area contributed by atoms with Gasteiger partial charge in [0.25, 0.3) is 5.91 Å². The molecular weight excluding hydrogens is 379 g/mol. The number of para-hydroxylation sites is 1. The number of amides is 1. The van der Waals surface area contributed by atoms with Gasteiger partial charge in [0.15, 0.2) is 24.2 Å². The molecule has 1 N–H and O–H groups in total. The average Bonchev–Trinajstić information content (AvgIpc) is 2.72. The number of anilines is 1. The molecule has 0 bridgehead atoms. The van der Waals surface area contributed by atoms with Gasteiger partial charge in [0.05, 0.1) is 12.8 Å². The highest BCUT2D eigenvalue weighted by Gasteiger charge is 2.18. The Balaban J connectivity index is 1.95. The summed E-state index contributed by atoms with van der Waals surface area (Å²) < 4.78 is 29.0. The number of nitrogens with one attached hydrogen (secondary N) is 1. The number of esters is 1. The monoisotopic (exact) mass is 398 g/mol. The SMILES string of the molecule is COc1cc(/C=C/C(=O)O[C@@H](C)C(=O)Nc2ccccc2F)ccc1OCC#N. The average molecular weight is 398 g/mol. The summed E-state index contributed by atoms with van der Waals surface area (Å²) in [5.41, 5.74) is 0.619. The van der Waals surface area contributed by atoms with Crippen LogP contribution in [0.2, 0.25) is 0 Å². The molecule has 2 aromatic rings. The van der Waals surface area contributed by atoms with Crippen molar-refractivity contribution in [3.05, 3.63) is 59.9 Å². The van der Waals surface area contributed by atoms with Gasteiger partial charge in [-0.2, -0.15) is 5.26 Å². The zero-order valence-electron chi connectivity index (χ0n) is 15.8. The second-order valence-corrected chi connectivity index (χ2v) is 5.74. The summed E-state index contributed by atoms with van der Waals surface area (Å²) in [6.07, 6.45) is 1.50. The van der Waals surface area contributed by atoms with E-state index < -0.39 is 23.8 Å². The zero-order valence-corrected chi connectivity index (χ0v) is 15.8. The van der Waals surface area contributed by atoms with Crippen LogP contribution in [0.5, 0.6) is 11.5 Å². The second-order valence-electron chi connectivity index (χ2n) is 5.74. The predicted molar refractivity (Wildman–Crippen MR) is 104 cm³/mol. The molecule has 2 aromatic carbocycles. The molecule has 0 heterocycles.